The van der Waals surface area contributed by atoms with Crippen LogP contribution >= 0.6 is 11.6 Å². The van der Waals surface area contributed by atoms with Crippen molar-refractivity contribution in [3.8, 4) is 5.75 Å². The van der Waals surface area contributed by atoms with Gasteiger partial charge in [-0.25, -0.2) is 0 Å². The zero-order valence-corrected chi connectivity index (χ0v) is 9.75. The van der Waals surface area contributed by atoms with Gasteiger partial charge in [-0.1, -0.05) is 31.5 Å². The summed E-state index contributed by atoms with van der Waals surface area (Å²) in [6.45, 7) is 4.97. The lowest BCUT2D eigenvalue weighted by Crippen LogP contribution is -2.05. The molecule has 1 aromatic carbocycles. The molecule has 3 heteroatoms. The highest BCUT2D eigenvalue weighted by atomic mass is 35.5. The van der Waals surface area contributed by atoms with Crippen LogP contribution < -0.4 is 5.73 Å². The summed E-state index contributed by atoms with van der Waals surface area (Å²) >= 11 is 6.11. The number of hydrogen-bond acceptors (Lipinski definition) is 2. The lowest BCUT2D eigenvalue weighted by Gasteiger charge is -2.07. The zero-order valence-electron chi connectivity index (χ0n) is 9.00. The first-order valence-electron chi connectivity index (χ1n) is 5.17. The number of benzene rings is 1. The third-order valence-corrected chi connectivity index (χ3v) is 3.97. The molecule has 0 aromatic heterocycles. The maximum absolute atomic E-state index is 9.82. The van der Waals surface area contributed by atoms with E-state index in [9.17, 15) is 5.11 Å². The molecule has 1 aliphatic rings. The van der Waals surface area contributed by atoms with Crippen molar-refractivity contribution < 1.29 is 5.11 Å². The highest BCUT2D eigenvalue weighted by Crippen LogP contribution is 2.66. The second-order valence-electron chi connectivity index (χ2n) is 4.81. The molecule has 1 fully saturated rings. The van der Waals surface area contributed by atoms with Crippen LogP contribution in [0, 0.1) is 11.3 Å². The van der Waals surface area contributed by atoms with Gasteiger partial charge in [0.2, 0.25) is 0 Å². The molecule has 2 rings (SSSR count). The molecule has 82 valence electrons. The Balaban J connectivity index is 2.41. The summed E-state index contributed by atoms with van der Waals surface area (Å²) < 4.78 is 0. The van der Waals surface area contributed by atoms with Crippen molar-refractivity contribution in [1.29, 1.82) is 0 Å². The topological polar surface area (TPSA) is 46.2 Å². The van der Waals surface area contributed by atoms with Gasteiger partial charge < -0.3 is 10.8 Å². The van der Waals surface area contributed by atoms with Gasteiger partial charge >= 0.3 is 0 Å². The van der Waals surface area contributed by atoms with E-state index in [2.05, 4.69) is 13.8 Å². The fraction of sp³-hybridized carbons (Fsp3) is 0.500. The molecule has 1 saturated carbocycles. The predicted molar refractivity (Wildman–Crippen MR) is 62.2 cm³/mol. The van der Waals surface area contributed by atoms with Gasteiger partial charge in [-0.05, 0) is 35.9 Å². The Morgan fingerprint density at radius 2 is 2.13 bits per heavy atom. The van der Waals surface area contributed by atoms with E-state index in [1.807, 2.05) is 6.07 Å². The third kappa shape index (κ3) is 1.52. The van der Waals surface area contributed by atoms with Crippen LogP contribution in [0.15, 0.2) is 18.2 Å². The van der Waals surface area contributed by atoms with Gasteiger partial charge in [-0.2, -0.15) is 0 Å². The number of phenols is 1. The number of nitrogens with two attached hydrogens (primary N) is 1. The highest BCUT2D eigenvalue weighted by Gasteiger charge is 2.58. The van der Waals surface area contributed by atoms with Crippen LogP contribution in [0.2, 0.25) is 5.02 Å². The van der Waals surface area contributed by atoms with Gasteiger partial charge in [0, 0.05) is 10.6 Å². The summed E-state index contributed by atoms with van der Waals surface area (Å²) in [5.74, 6) is 0.996. The first kappa shape index (κ1) is 10.8. The van der Waals surface area contributed by atoms with Gasteiger partial charge in [-0.15, -0.1) is 0 Å². The van der Waals surface area contributed by atoms with Crippen molar-refractivity contribution in [2.45, 2.75) is 19.8 Å². The lowest BCUT2D eigenvalue weighted by atomic mass is 10.0. The van der Waals surface area contributed by atoms with Gasteiger partial charge in [0.1, 0.15) is 5.75 Å². The number of aromatic hydroxyl groups is 1. The standard InChI is InChI=1S/C12H16ClNO/c1-12(2)7(6-14)11(12)10-8(13)4-3-5-9(10)15/h3-5,7,11,15H,6,14H2,1-2H3. The zero-order chi connectivity index (χ0) is 11.2. The van der Waals surface area contributed by atoms with E-state index in [4.69, 9.17) is 17.3 Å². The van der Waals surface area contributed by atoms with Crippen LogP contribution in [-0.2, 0) is 0 Å². The Morgan fingerprint density at radius 3 is 2.60 bits per heavy atom. The van der Waals surface area contributed by atoms with E-state index in [0.717, 1.165) is 5.56 Å². The minimum absolute atomic E-state index is 0.150. The van der Waals surface area contributed by atoms with Gasteiger partial charge in [0.05, 0.1) is 0 Å². The molecule has 0 heterocycles. The van der Waals surface area contributed by atoms with E-state index in [1.54, 1.807) is 12.1 Å². The van der Waals surface area contributed by atoms with Crippen LogP contribution in [0.5, 0.6) is 5.75 Å². The number of hydrogen-bond donors (Lipinski definition) is 2. The van der Waals surface area contributed by atoms with Crippen molar-refractivity contribution in [3.05, 3.63) is 28.8 Å². The largest absolute Gasteiger partial charge is 0.508 e. The van der Waals surface area contributed by atoms with Gasteiger partial charge in [-0.3, -0.25) is 0 Å². The molecule has 0 aliphatic heterocycles. The Hall–Kier alpha value is -0.730. The quantitative estimate of drug-likeness (QED) is 0.813. The van der Waals surface area contributed by atoms with Crippen molar-refractivity contribution in [3.63, 3.8) is 0 Å². The molecule has 0 bridgehead atoms. The molecule has 15 heavy (non-hydrogen) atoms. The van der Waals surface area contributed by atoms with Gasteiger partial charge in [0.15, 0.2) is 0 Å². The number of rotatable bonds is 2. The number of phenolic OH excluding ortho intramolecular Hbond substituents is 1. The van der Waals surface area contributed by atoms with E-state index < -0.39 is 0 Å². The molecule has 1 aliphatic carbocycles. The molecule has 1 aromatic rings. The second kappa shape index (κ2) is 3.39. The van der Waals surface area contributed by atoms with E-state index in [0.29, 0.717) is 17.5 Å². The van der Waals surface area contributed by atoms with Crippen LogP contribution in [0.25, 0.3) is 0 Å². The average Bonchev–Trinajstić information content (AvgIpc) is 2.68. The SMILES string of the molecule is CC1(C)C(CN)C1c1c(O)cccc1Cl. The monoisotopic (exact) mass is 225 g/mol. The molecule has 0 saturated heterocycles. The molecule has 2 atom stereocenters. The molecule has 2 nitrogen and oxygen atoms in total. The molecule has 3 N–H and O–H groups in total. The first-order chi connectivity index (χ1) is 7.00. The Bertz CT molecular complexity index is 369. The lowest BCUT2D eigenvalue weighted by molar-refractivity contribution is 0.464. The average molecular weight is 226 g/mol. The van der Waals surface area contributed by atoms with Crippen molar-refractivity contribution in [2.75, 3.05) is 6.54 Å². The van der Waals surface area contributed by atoms with Crippen molar-refractivity contribution in [2.24, 2.45) is 17.1 Å². The molecular weight excluding hydrogens is 210 g/mol. The molecular formula is C12H16ClNO. The van der Waals surface area contributed by atoms with Crippen molar-refractivity contribution in [1.82, 2.24) is 0 Å². The minimum atomic E-state index is 0.150. The fourth-order valence-electron chi connectivity index (χ4n) is 2.59. The Kier molecular flexibility index (Phi) is 2.44. The normalized spacial score (nSPS) is 27.7. The van der Waals surface area contributed by atoms with E-state index in [-0.39, 0.29) is 17.1 Å². The predicted octanol–water partition coefficient (Wildman–Crippen LogP) is 2.74. The maximum Gasteiger partial charge on any atom is 0.120 e. The second-order valence-corrected chi connectivity index (χ2v) is 5.22. The van der Waals surface area contributed by atoms with Gasteiger partial charge in [0.25, 0.3) is 0 Å². The molecule has 0 amide bonds. The van der Waals surface area contributed by atoms with Crippen LogP contribution in [0.3, 0.4) is 0 Å². The van der Waals surface area contributed by atoms with Crippen molar-refractivity contribution >= 4 is 11.6 Å². The van der Waals surface area contributed by atoms with E-state index in [1.165, 1.54) is 0 Å². The first-order valence-corrected chi connectivity index (χ1v) is 5.55. The maximum atomic E-state index is 9.82. The molecule has 0 spiro atoms. The summed E-state index contributed by atoms with van der Waals surface area (Å²) in [4.78, 5) is 0. The summed E-state index contributed by atoms with van der Waals surface area (Å²) in [7, 11) is 0. The summed E-state index contributed by atoms with van der Waals surface area (Å²) in [6, 6.07) is 5.26. The van der Waals surface area contributed by atoms with E-state index >= 15 is 0 Å². The molecule has 0 radical (unpaired) electrons. The number of halogens is 1. The minimum Gasteiger partial charge on any atom is -0.508 e. The Labute approximate surface area is 95.1 Å². The third-order valence-electron chi connectivity index (χ3n) is 3.65. The van der Waals surface area contributed by atoms with Crippen LogP contribution in [0.1, 0.15) is 25.3 Å². The fourth-order valence-corrected chi connectivity index (χ4v) is 2.88. The smallest absolute Gasteiger partial charge is 0.120 e. The Morgan fingerprint density at radius 1 is 1.47 bits per heavy atom. The highest BCUT2D eigenvalue weighted by molar-refractivity contribution is 6.31. The summed E-state index contributed by atoms with van der Waals surface area (Å²) in [5.41, 5.74) is 6.72. The summed E-state index contributed by atoms with van der Waals surface area (Å²) in [6.07, 6.45) is 0. The molecule has 2 unspecified atom stereocenters. The van der Waals surface area contributed by atoms with Crippen LogP contribution in [-0.4, -0.2) is 11.7 Å². The van der Waals surface area contributed by atoms with Crippen LogP contribution in [0.4, 0.5) is 0 Å². The summed E-state index contributed by atoms with van der Waals surface area (Å²) in [5, 5.41) is 10.5.